The van der Waals surface area contributed by atoms with Crippen LogP contribution in [-0.2, 0) is 6.42 Å². The molecule has 0 radical (unpaired) electrons. The zero-order valence-corrected chi connectivity index (χ0v) is 8.83. The number of allylic oxidation sites excluding steroid dienone is 1. The molecule has 76 valence electrons. The number of H-pyrrole nitrogens is 1. The lowest BCUT2D eigenvalue weighted by Gasteiger charge is -2.06. The molecule has 0 saturated carbocycles. The van der Waals surface area contributed by atoms with Gasteiger partial charge in [0.25, 0.3) is 0 Å². The molecule has 1 aromatic carbocycles. The molecule has 2 heteroatoms. The summed E-state index contributed by atoms with van der Waals surface area (Å²) in [4.78, 5) is 7.40. The molecule has 15 heavy (non-hydrogen) atoms. The van der Waals surface area contributed by atoms with Crippen LogP contribution in [0, 0.1) is 0 Å². The Hall–Kier alpha value is -1.83. The maximum Gasteiger partial charge on any atom is 0.137 e. The summed E-state index contributed by atoms with van der Waals surface area (Å²) in [5, 5.41) is 0. The van der Waals surface area contributed by atoms with Gasteiger partial charge in [-0.3, -0.25) is 0 Å². The lowest BCUT2D eigenvalue weighted by Crippen LogP contribution is -1.91. The fraction of sp³-hybridized carbons (Fsp3) is 0.154. The molecule has 1 N–H and O–H groups in total. The van der Waals surface area contributed by atoms with Gasteiger partial charge in [-0.2, -0.15) is 0 Å². The highest BCUT2D eigenvalue weighted by molar-refractivity contribution is 5.60. The molecule has 1 aromatic heterocycles. The molecule has 0 unspecified atom stereocenters. The highest BCUT2D eigenvalue weighted by atomic mass is 14.9. The maximum atomic E-state index is 4.27. The summed E-state index contributed by atoms with van der Waals surface area (Å²) in [5.41, 5.74) is 3.58. The highest BCUT2D eigenvalue weighted by Crippen LogP contribution is 2.21. The van der Waals surface area contributed by atoms with E-state index in [0.29, 0.717) is 0 Å². The lowest BCUT2D eigenvalue weighted by molar-refractivity contribution is 1.14. The summed E-state index contributed by atoms with van der Waals surface area (Å²) in [5.74, 6) is 0.923. The van der Waals surface area contributed by atoms with Crippen molar-refractivity contribution in [3.05, 3.63) is 54.4 Å². The first kappa shape index (κ1) is 9.71. The zero-order valence-electron chi connectivity index (χ0n) is 8.83. The first-order valence-corrected chi connectivity index (χ1v) is 4.99. The van der Waals surface area contributed by atoms with Crippen molar-refractivity contribution in [1.29, 1.82) is 0 Å². The van der Waals surface area contributed by atoms with Crippen LogP contribution in [-0.4, -0.2) is 9.97 Å². The van der Waals surface area contributed by atoms with E-state index in [-0.39, 0.29) is 0 Å². The van der Waals surface area contributed by atoms with Crippen LogP contribution >= 0.6 is 0 Å². The fourth-order valence-electron chi connectivity index (χ4n) is 1.64. The van der Waals surface area contributed by atoms with Gasteiger partial charge in [0.1, 0.15) is 5.82 Å². The van der Waals surface area contributed by atoms with Crippen molar-refractivity contribution < 1.29 is 0 Å². The Morgan fingerprint density at radius 2 is 2.20 bits per heavy atom. The third kappa shape index (κ3) is 2.15. The number of rotatable bonds is 3. The van der Waals surface area contributed by atoms with Gasteiger partial charge in [-0.25, -0.2) is 4.98 Å². The average molecular weight is 198 g/mol. The third-order valence-electron chi connectivity index (χ3n) is 2.26. The lowest BCUT2D eigenvalue weighted by atomic mass is 10.0. The molecule has 0 spiro atoms. The molecule has 1 heterocycles. The second kappa shape index (κ2) is 4.13. The Kier molecular flexibility index (Phi) is 2.68. The largest absolute Gasteiger partial charge is 0.345 e. The quantitative estimate of drug-likeness (QED) is 0.754. The minimum atomic E-state index is 0.900. The molecule has 0 fully saturated rings. The van der Waals surface area contributed by atoms with Gasteiger partial charge in [0.2, 0.25) is 0 Å². The van der Waals surface area contributed by atoms with Crippen LogP contribution in [0.2, 0.25) is 0 Å². The predicted molar refractivity (Wildman–Crippen MR) is 62.5 cm³/mol. The van der Waals surface area contributed by atoms with Crippen LogP contribution in [0.4, 0.5) is 0 Å². The van der Waals surface area contributed by atoms with Gasteiger partial charge < -0.3 is 4.98 Å². The first-order valence-electron chi connectivity index (χ1n) is 4.99. The van der Waals surface area contributed by atoms with Gasteiger partial charge in [-0.15, -0.1) is 0 Å². The average Bonchev–Trinajstić information content (AvgIpc) is 2.70. The molecule has 0 amide bonds. The summed E-state index contributed by atoms with van der Waals surface area (Å²) < 4.78 is 0. The molecule has 2 rings (SSSR count). The molecular weight excluding hydrogens is 184 g/mol. The number of hydrogen-bond acceptors (Lipinski definition) is 1. The van der Waals surface area contributed by atoms with Gasteiger partial charge >= 0.3 is 0 Å². The van der Waals surface area contributed by atoms with E-state index in [0.717, 1.165) is 23.4 Å². The molecule has 2 nitrogen and oxygen atoms in total. The number of benzene rings is 1. The molecule has 0 atom stereocenters. The van der Waals surface area contributed by atoms with E-state index in [4.69, 9.17) is 0 Å². The van der Waals surface area contributed by atoms with Crippen molar-refractivity contribution in [3.63, 3.8) is 0 Å². The van der Waals surface area contributed by atoms with Crippen LogP contribution in [0.1, 0.15) is 12.5 Å². The van der Waals surface area contributed by atoms with Crippen LogP contribution in [0.25, 0.3) is 11.4 Å². The van der Waals surface area contributed by atoms with Crippen LogP contribution in [0.15, 0.2) is 48.8 Å². The molecule has 2 aromatic rings. The Morgan fingerprint density at radius 1 is 1.40 bits per heavy atom. The Labute approximate surface area is 89.7 Å². The van der Waals surface area contributed by atoms with E-state index >= 15 is 0 Å². The van der Waals surface area contributed by atoms with E-state index < -0.39 is 0 Å². The predicted octanol–water partition coefficient (Wildman–Crippen LogP) is 3.20. The summed E-state index contributed by atoms with van der Waals surface area (Å²) in [6.45, 7) is 5.98. The number of imidazole rings is 1. The first-order chi connectivity index (χ1) is 7.27. The summed E-state index contributed by atoms with van der Waals surface area (Å²) >= 11 is 0. The fourth-order valence-corrected chi connectivity index (χ4v) is 1.64. The van der Waals surface area contributed by atoms with Crippen molar-refractivity contribution in [2.45, 2.75) is 13.3 Å². The third-order valence-corrected chi connectivity index (χ3v) is 2.26. The van der Waals surface area contributed by atoms with Gasteiger partial charge in [0, 0.05) is 18.0 Å². The summed E-state index contributed by atoms with van der Waals surface area (Å²) in [6, 6.07) is 8.27. The second-order valence-corrected chi connectivity index (χ2v) is 3.73. The van der Waals surface area contributed by atoms with E-state index in [1.165, 1.54) is 5.56 Å². The number of aromatic nitrogens is 2. The number of nitrogens with one attached hydrogen (secondary N) is 1. The van der Waals surface area contributed by atoms with E-state index in [9.17, 15) is 0 Å². The van der Waals surface area contributed by atoms with Crippen molar-refractivity contribution in [2.75, 3.05) is 0 Å². The molecule has 0 aliphatic carbocycles. The molecule has 0 aliphatic rings. The van der Waals surface area contributed by atoms with Gasteiger partial charge in [-0.05, 0) is 18.9 Å². The topological polar surface area (TPSA) is 28.7 Å². The minimum absolute atomic E-state index is 0.900. The van der Waals surface area contributed by atoms with E-state index in [1.807, 2.05) is 25.3 Å². The maximum absolute atomic E-state index is 4.27. The summed E-state index contributed by atoms with van der Waals surface area (Å²) in [6.07, 6.45) is 4.51. The highest BCUT2D eigenvalue weighted by Gasteiger charge is 2.05. The molecule has 0 aliphatic heterocycles. The monoisotopic (exact) mass is 198 g/mol. The smallest absolute Gasteiger partial charge is 0.137 e. The number of nitrogens with zero attached hydrogens (tertiary/aromatic N) is 1. The van der Waals surface area contributed by atoms with Gasteiger partial charge in [0.05, 0.1) is 0 Å². The molecule has 0 saturated heterocycles. The van der Waals surface area contributed by atoms with E-state index in [1.54, 1.807) is 6.20 Å². The minimum Gasteiger partial charge on any atom is -0.345 e. The van der Waals surface area contributed by atoms with Crippen LogP contribution < -0.4 is 0 Å². The number of aromatic amines is 1. The molecule has 0 bridgehead atoms. The molecular formula is C13H14N2. The van der Waals surface area contributed by atoms with Crippen LogP contribution in [0.3, 0.4) is 0 Å². The standard InChI is InChI=1S/C13H14N2/c1-10(2)9-11-5-3-4-6-12(11)13-14-7-8-15-13/h3-8H,1,9H2,2H3,(H,14,15). The van der Waals surface area contributed by atoms with Crippen molar-refractivity contribution in [1.82, 2.24) is 9.97 Å². The van der Waals surface area contributed by atoms with Gasteiger partial charge in [0.15, 0.2) is 0 Å². The van der Waals surface area contributed by atoms with Crippen molar-refractivity contribution in [3.8, 4) is 11.4 Å². The van der Waals surface area contributed by atoms with Crippen LogP contribution in [0.5, 0.6) is 0 Å². The zero-order chi connectivity index (χ0) is 10.7. The van der Waals surface area contributed by atoms with Crippen molar-refractivity contribution >= 4 is 0 Å². The summed E-state index contributed by atoms with van der Waals surface area (Å²) in [7, 11) is 0. The Balaban J connectivity index is 2.42. The van der Waals surface area contributed by atoms with E-state index in [2.05, 4.69) is 28.7 Å². The van der Waals surface area contributed by atoms with Crippen molar-refractivity contribution in [2.24, 2.45) is 0 Å². The second-order valence-electron chi connectivity index (χ2n) is 3.73. The normalized spacial score (nSPS) is 10.2. The Bertz CT molecular complexity index is 455. The number of hydrogen-bond donors (Lipinski definition) is 1. The van der Waals surface area contributed by atoms with Gasteiger partial charge in [-0.1, -0.05) is 36.4 Å². The Morgan fingerprint density at radius 3 is 2.87 bits per heavy atom. The SMILES string of the molecule is C=C(C)Cc1ccccc1-c1ncc[nH]1.